The topological polar surface area (TPSA) is 24.1 Å². The van der Waals surface area contributed by atoms with Gasteiger partial charge in [-0.2, -0.15) is 0 Å². The number of nitrogens with one attached hydrogen (secondary N) is 2. The van der Waals surface area contributed by atoms with Gasteiger partial charge in [0.05, 0.1) is 5.54 Å². The lowest BCUT2D eigenvalue weighted by Gasteiger charge is -2.35. The number of benzene rings is 2. The second-order valence-electron chi connectivity index (χ2n) is 5.06. The molecule has 0 amide bonds. The van der Waals surface area contributed by atoms with Gasteiger partial charge in [0.2, 0.25) is 0 Å². The Morgan fingerprint density at radius 1 is 0.684 bits per heavy atom. The van der Waals surface area contributed by atoms with E-state index in [1.807, 2.05) is 0 Å². The van der Waals surface area contributed by atoms with Crippen LogP contribution in [0.1, 0.15) is 17.5 Å². The molecule has 0 spiro atoms. The van der Waals surface area contributed by atoms with Crippen molar-refractivity contribution < 1.29 is 0 Å². The zero-order chi connectivity index (χ0) is 13.0. The van der Waals surface area contributed by atoms with Gasteiger partial charge in [0.1, 0.15) is 0 Å². The summed E-state index contributed by atoms with van der Waals surface area (Å²) in [6, 6.07) is 21.6. The summed E-state index contributed by atoms with van der Waals surface area (Å²) in [6.45, 7) is 3.06. The van der Waals surface area contributed by atoms with Crippen molar-refractivity contribution in [2.75, 3.05) is 19.6 Å². The van der Waals surface area contributed by atoms with Crippen LogP contribution in [0.4, 0.5) is 0 Å². The molecule has 0 radical (unpaired) electrons. The third-order valence-corrected chi connectivity index (χ3v) is 3.94. The van der Waals surface area contributed by atoms with E-state index in [2.05, 4.69) is 71.3 Å². The molecule has 98 valence electrons. The second kappa shape index (κ2) is 5.55. The first-order valence-electron chi connectivity index (χ1n) is 6.99. The van der Waals surface area contributed by atoms with E-state index in [1.54, 1.807) is 0 Å². The van der Waals surface area contributed by atoms with Crippen LogP contribution in [0.25, 0.3) is 0 Å². The molecule has 1 heterocycles. The van der Waals surface area contributed by atoms with Crippen LogP contribution in [0.15, 0.2) is 60.7 Å². The maximum absolute atomic E-state index is 3.77. The van der Waals surface area contributed by atoms with Gasteiger partial charge in [-0.3, -0.25) is 0 Å². The van der Waals surface area contributed by atoms with Gasteiger partial charge in [0, 0.05) is 13.1 Å². The van der Waals surface area contributed by atoms with Crippen LogP contribution in [0, 0.1) is 0 Å². The molecule has 0 aromatic heterocycles. The predicted molar refractivity (Wildman–Crippen MR) is 79.2 cm³/mol. The predicted octanol–water partition coefficient (Wildman–Crippen LogP) is 2.51. The highest BCUT2D eigenvalue weighted by molar-refractivity contribution is 5.38. The van der Waals surface area contributed by atoms with E-state index < -0.39 is 0 Å². The summed E-state index contributed by atoms with van der Waals surface area (Å²) in [5.41, 5.74) is 2.64. The molecule has 2 aromatic carbocycles. The van der Waals surface area contributed by atoms with Crippen molar-refractivity contribution in [3.63, 3.8) is 0 Å². The number of hydrogen-bond acceptors (Lipinski definition) is 2. The molecular formula is C17H20N2. The normalized spacial score (nSPS) is 18.7. The van der Waals surface area contributed by atoms with Crippen LogP contribution in [0.5, 0.6) is 0 Å². The first-order chi connectivity index (χ1) is 9.42. The quantitative estimate of drug-likeness (QED) is 0.858. The first kappa shape index (κ1) is 12.4. The third-order valence-electron chi connectivity index (χ3n) is 3.94. The molecule has 0 aliphatic carbocycles. The minimum absolute atomic E-state index is 0.0635. The van der Waals surface area contributed by atoms with Crippen molar-refractivity contribution in [1.29, 1.82) is 0 Å². The Labute approximate surface area is 114 Å². The average molecular weight is 252 g/mol. The Morgan fingerprint density at radius 3 is 1.84 bits per heavy atom. The van der Waals surface area contributed by atoms with Crippen molar-refractivity contribution in [3.05, 3.63) is 71.8 Å². The summed E-state index contributed by atoms with van der Waals surface area (Å²) < 4.78 is 0. The molecule has 2 nitrogen and oxygen atoms in total. The van der Waals surface area contributed by atoms with Gasteiger partial charge in [-0.1, -0.05) is 60.7 Å². The molecule has 3 rings (SSSR count). The molecule has 0 atom stereocenters. The molecule has 2 heteroatoms. The van der Waals surface area contributed by atoms with Gasteiger partial charge in [-0.25, -0.2) is 0 Å². The van der Waals surface area contributed by atoms with Gasteiger partial charge >= 0.3 is 0 Å². The van der Waals surface area contributed by atoms with E-state index >= 15 is 0 Å². The molecule has 1 fully saturated rings. The maximum Gasteiger partial charge on any atom is 0.0703 e. The van der Waals surface area contributed by atoms with E-state index in [0.29, 0.717) is 0 Å². The van der Waals surface area contributed by atoms with Gasteiger partial charge in [-0.15, -0.1) is 0 Å². The fraction of sp³-hybridized carbons (Fsp3) is 0.294. The van der Waals surface area contributed by atoms with Gasteiger partial charge in [0.15, 0.2) is 0 Å². The van der Waals surface area contributed by atoms with Crippen LogP contribution in [-0.4, -0.2) is 19.6 Å². The molecule has 0 saturated carbocycles. The van der Waals surface area contributed by atoms with Crippen molar-refractivity contribution in [3.8, 4) is 0 Å². The number of hydrogen-bond donors (Lipinski definition) is 2. The van der Waals surface area contributed by atoms with E-state index in [9.17, 15) is 0 Å². The Bertz CT molecular complexity index is 458. The van der Waals surface area contributed by atoms with Crippen LogP contribution in [0.3, 0.4) is 0 Å². The number of rotatable bonds is 2. The smallest absolute Gasteiger partial charge is 0.0703 e. The second-order valence-corrected chi connectivity index (χ2v) is 5.06. The summed E-state index contributed by atoms with van der Waals surface area (Å²) in [7, 11) is 0. The highest BCUT2D eigenvalue weighted by Gasteiger charge is 2.33. The monoisotopic (exact) mass is 252 g/mol. The van der Waals surface area contributed by atoms with E-state index in [1.165, 1.54) is 11.1 Å². The zero-order valence-corrected chi connectivity index (χ0v) is 11.1. The summed E-state index contributed by atoms with van der Waals surface area (Å²) in [6.07, 6.45) is 1.07. The molecule has 0 bridgehead atoms. The van der Waals surface area contributed by atoms with Crippen molar-refractivity contribution in [2.45, 2.75) is 12.0 Å². The van der Waals surface area contributed by atoms with Crippen molar-refractivity contribution in [2.24, 2.45) is 0 Å². The van der Waals surface area contributed by atoms with Crippen LogP contribution >= 0.6 is 0 Å². The van der Waals surface area contributed by atoms with Gasteiger partial charge in [0.25, 0.3) is 0 Å². The molecule has 0 unspecified atom stereocenters. The van der Waals surface area contributed by atoms with Crippen LogP contribution in [-0.2, 0) is 5.54 Å². The Kier molecular flexibility index (Phi) is 3.62. The Hall–Kier alpha value is -1.64. The zero-order valence-electron chi connectivity index (χ0n) is 11.1. The van der Waals surface area contributed by atoms with Crippen molar-refractivity contribution in [1.82, 2.24) is 10.6 Å². The Balaban J connectivity index is 2.09. The maximum atomic E-state index is 3.77. The minimum atomic E-state index is -0.0635. The summed E-state index contributed by atoms with van der Waals surface area (Å²) >= 11 is 0. The molecule has 1 saturated heterocycles. The lowest BCUT2D eigenvalue weighted by Crippen LogP contribution is -2.43. The Morgan fingerprint density at radius 2 is 1.26 bits per heavy atom. The SMILES string of the molecule is c1ccc(C2(c3ccccc3)CCNCCN2)cc1. The summed E-state index contributed by atoms with van der Waals surface area (Å²) in [5.74, 6) is 0. The molecule has 19 heavy (non-hydrogen) atoms. The van der Waals surface area contributed by atoms with Crippen LogP contribution in [0.2, 0.25) is 0 Å². The molecule has 1 aliphatic heterocycles. The fourth-order valence-corrected chi connectivity index (χ4v) is 2.96. The summed E-state index contributed by atoms with van der Waals surface area (Å²) in [4.78, 5) is 0. The highest BCUT2D eigenvalue weighted by atomic mass is 15.0. The van der Waals surface area contributed by atoms with Crippen LogP contribution < -0.4 is 10.6 Å². The van der Waals surface area contributed by atoms with E-state index in [0.717, 1.165) is 26.1 Å². The standard InChI is InChI=1S/C17H20N2/c1-3-7-15(8-4-1)17(11-12-18-13-14-19-17)16-9-5-2-6-10-16/h1-10,18-19H,11-14H2. The van der Waals surface area contributed by atoms with Gasteiger partial charge in [-0.05, 0) is 24.1 Å². The molecule has 1 aliphatic rings. The third kappa shape index (κ3) is 2.42. The minimum Gasteiger partial charge on any atom is -0.315 e. The molecule has 2 aromatic rings. The lowest BCUT2D eigenvalue weighted by atomic mass is 9.80. The fourth-order valence-electron chi connectivity index (χ4n) is 2.96. The van der Waals surface area contributed by atoms with E-state index in [4.69, 9.17) is 0 Å². The summed E-state index contributed by atoms with van der Waals surface area (Å²) in [5, 5.41) is 7.24. The average Bonchev–Trinajstić information content (AvgIpc) is 2.76. The molecule has 2 N–H and O–H groups in total. The first-order valence-corrected chi connectivity index (χ1v) is 6.99. The van der Waals surface area contributed by atoms with E-state index in [-0.39, 0.29) is 5.54 Å². The van der Waals surface area contributed by atoms with Crippen molar-refractivity contribution >= 4 is 0 Å². The largest absolute Gasteiger partial charge is 0.315 e. The molecular weight excluding hydrogens is 232 g/mol. The van der Waals surface area contributed by atoms with Gasteiger partial charge < -0.3 is 10.6 Å². The lowest BCUT2D eigenvalue weighted by molar-refractivity contribution is 0.404. The highest BCUT2D eigenvalue weighted by Crippen LogP contribution is 2.33.